The Labute approximate surface area is 76.1 Å². The van der Waals surface area contributed by atoms with Crippen LogP contribution in [0.15, 0.2) is 0 Å². The number of nitrogens with one attached hydrogen (secondary N) is 1. The molecule has 0 radical (unpaired) electrons. The van der Waals surface area contributed by atoms with Crippen LogP contribution in [0.4, 0.5) is 0 Å². The molecule has 1 atom stereocenters. The average molecular weight is 187 g/mol. The van der Waals surface area contributed by atoms with Crippen LogP contribution in [0.2, 0.25) is 0 Å². The van der Waals surface area contributed by atoms with Gasteiger partial charge in [-0.05, 0) is 6.92 Å². The smallest absolute Gasteiger partial charge is 0.307 e. The van der Waals surface area contributed by atoms with Crippen molar-refractivity contribution in [2.24, 2.45) is 5.92 Å². The molecular weight excluding hydrogens is 174 g/mol. The number of ketones is 1. The highest BCUT2D eigenvalue weighted by Gasteiger charge is 2.21. The van der Waals surface area contributed by atoms with Crippen LogP contribution in [0.3, 0.4) is 0 Å². The number of hydrogen-bond acceptors (Lipinski definition) is 3. The van der Waals surface area contributed by atoms with E-state index in [9.17, 15) is 14.4 Å². The second-order valence-corrected chi connectivity index (χ2v) is 2.82. The van der Waals surface area contributed by atoms with Gasteiger partial charge in [0.1, 0.15) is 5.78 Å². The molecule has 0 aliphatic rings. The molecular formula is C8H13NO4. The van der Waals surface area contributed by atoms with E-state index in [1.54, 1.807) is 0 Å². The molecule has 0 saturated heterocycles. The van der Waals surface area contributed by atoms with Gasteiger partial charge < -0.3 is 15.2 Å². The summed E-state index contributed by atoms with van der Waals surface area (Å²) in [5.74, 6) is -2.61. The van der Waals surface area contributed by atoms with Gasteiger partial charge in [0, 0.05) is 19.9 Å². The summed E-state index contributed by atoms with van der Waals surface area (Å²) in [6, 6.07) is 0. The second-order valence-electron chi connectivity index (χ2n) is 2.82. The van der Waals surface area contributed by atoms with Gasteiger partial charge in [-0.1, -0.05) is 0 Å². The fourth-order valence-corrected chi connectivity index (χ4v) is 0.920. The summed E-state index contributed by atoms with van der Waals surface area (Å²) in [5.41, 5.74) is 0. The van der Waals surface area contributed by atoms with Gasteiger partial charge in [-0.3, -0.25) is 9.59 Å². The van der Waals surface area contributed by atoms with Gasteiger partial charge in [0.2, 0.25) is 5.91 Å². The van der Waals surface area contributed by atoms with Crippen LogP contribution in [0.25, 0.3) is 0 Å². The predicted octanol–water partition coefficient (Wildman–Crippen LogP) is -0.198. The summed E-state index contributed by atoms with van der Waals surface area (Å²) in [4.78, 5) is 32.0. The Morgan fingerprint density at radius 3 is 2.15 bits per heavy atom. The van der Waals surface area contributed by atoms with Crippen molar-refractivity contribution >= 4 is 17.7 Å². The lowest BCUT2D eigenvalue weighted by Gasteiger charge is -2.08. The highest BCUT2D eigenvalue weighted by atomic mass is 16.4. The summed E-state index contributed by atoms with van der Waals surface area (Å²) in [6.07, 6.45) is -0.242. The molecule has 0 fully saturated rings. The first kappa shape index (κ1) is 11.6. The Morgan fingerprint density at radius 1 is 1.31 bits per heavy atom. The van der Waals surface area contributed by atoms with E-state index in [1.807, 2.05) is 0 Å². The average Bonchev–Trinajstić information content (AvgIpc) is 2.02. The Kier molecular flexibility index (Phi) is 4.72. The number of carboxylic acid groups (broad SMARTS) is 1. The minimum Gasteiger partial charge on any atom is -0.481 e. The zero-order valence-corrected chi connectivity index (χ0v) is 7.66. The molecule has 1 amide bonds. The fourth-order valence-electron chi connectivity index (χ4n) is 0.920. The molecule has 74 valence electrons. The van der Waals surface area contributed by atoms with Crippen molar-refractivity contribution < 1.29 is 19.5 Å². The minimum absolute atomic E-state index is 0.0945. The summed E-state index contributed by atoms with van der Waals surface area (Å²) in [6.45, 7) is 1.31. The third-order valence-electron chi connectivity index (χ3n) is 1.59. The van der Waals surface area contributed by atoms with Gasteiger partial charge in [0.15, 0.2) is 0 Å². The minimum atomic E-state index is -1.11. The van der Waals surface area contributed by atoms with Gasteiger partial charge in [-0.15, -0.1) is 0 Å². The molecule has 13 heavy (non-hydrogen) atoms. The van der Waals surface area contributed by atoms with E-state index in [2.05, 4.69) is 5.32 Å². The first-order valence-corrected chi connectivity index (χ1v) is 3.90. The highest BCUT2D eigenvalue weighted by Crippen LogP contribution is 2.09. The number of carbonyl (C=O) groups is 3. The van der Waals surface area contributed by atoms with Crippen molar-refractivity contribution in [1.29, 1.82) is 0 Å². The maximum absolute atomic E-state index is 10.8. The van der Waals surface area contributed by atoms with Gasteiger partial charge >= 0.3 is 5.97 Å². The molecule has 0 unspecified atom stereocenters. The van der Waals surface area contributed by atoms with Crippen molar-refractivity contribution in [1.82, 2.24) is 5.32 Å². The number of amides is 1. The molecule has 0 aromatic carbocycles. The molecule has 0 spiro atoms. The van der Waals surface area contributed by atoms with Crippen molar-refractivity contribution in [2.45, 2.75) is 19.8 Å². The van der Waals surface area contributed by atoms with E-state index >= 15 is 0 Å². The molecule has 0 aromatic heterocycles. The standard InChI is InChI=1S/C8H13NO4/c1-5(10)3-6(8(12)13)4-7(11)9-2/h6H,3-4H2,1-2H3,(H,9,11)(H,12,13)/t6-/m0/s1. The van der Waals surface area contributed by atoms with Crippen LogP contribution in [0.5, 0.6) is 0 Å². The van der Waals surface area contributed by atoms with Crippen LogP contribution < -0.4 is 5.32 Å². The molecule has 0 heterocycles. The van der Waals surface area contributed by atoms with Crippen molar-refractivity contribution in [3.63, 3.8) is 0 Å². The van der Waals surface area contributed by atoms with Crippen LogP contribution in [-0.2, 0) is 14.4 Å². The highest BCUT2D eigenvalue weighted by molar-refractivity contribution is 5.86. The Hall–Kier alpha value is -1.39. The van der Waals surface area contributed by atoms with E-state index in [0.29, 0.717) is 0 Å². The van der Waals surface area contributed by atoms with Crippen LogP contribution in [0.1, 0.15) is 19.8 Å². The third-order valence-corrected chi connectivity index (χ3v) is 1.59. The number of Topliss-reactive ketones (excluding diaryl/α,β-unsaturated/α-hetero) is 1. The zero-order valence-electron chi connectivity index (χ0n) is 7.66. The summed E-state index contributed by atoms with van der Waals surface area (Å²) < 4.78 is 0. The number of aliphatic carboxylic acids is 1. The van der Waals surface area contributed by atoms with Crippen LogP contribution in [-0.4, -0.2) is 29.8 Å². The van der Waals surface area contributed by atoms with E-state index in [4.69, 9.17) is 5.11 Å². The maximum Gasteiger partial charge on any atom is 0.307 e. The molecule has 0 aliphatic carbocycles. The maximum atomic E-state index is 10.8. The van der Waals surface area contributed by atoms with Crippen molar-refractivity contribution in [3.05, 3.63) is 0 Å². The van der Waals surface area contributed by atoms with Crippen LogP contribution in [0, 0.1) is 5.92 Å². The topological polar surface area (TPSA) is 83.5 Å². The first-order chi connectivity index (χ1) is 5.97. The number of rotatable bonds is 5. The third kappa shape index (κ3) is 4.95. The molecule has 5 heteroatoms. The molecule has 0 aromatic rings. The predicted molar refractivity (Wildman–Crippen MR) is 45.1 cm³/mol. The molecule has 0 bridgehead atoms. The van der Waals surface area contributed by atoms with Gasteiger partial charge in [-0.2, -0.15) is 0 Å². The van der Waals surface area contributed by atoms with E-state index in [1.165, 1.54) is 14.0 Å². The first-order valence-electron chi connectivity index (χ1n) is 3.90. The monoisotopic (exact) mass is 187 g/mol. The Morgan fingerprint density at radius 2 is 1.85 bits per heavy atom. The summed E-state index contributed by atoms with van der Waals surface area (Å²) >= 11 is 0. The van der Waals surface area contributed by atoms with Gasteiger partial charge in [-0.25, -0.2) is 0 Å². The van der Waals surface area contributed by atoms with Gasteiger partial charge in [0.05, 0.1) is 5.92 Å². The molecule has 0 aliphatic heterocycles. The number of carbonyl (C=O) groups excluding carboxylic acids is 2. The van der Waals surface area contributed by atoms with Crippen molar-refractivity contribution in [3.8, 4) is 0 Å². The van der Waals surface area contributed by atoms with Gasteiger partial charge in [0.25, 0.3) is 0 Å². The second kappa shape index (κ2) is 5.29. The van der Waals surface area contributed by atoms with Crippen LogP contribution >= 0.6 is 0 Å². The number of hydrogen-bond donors (Lipinski definition) is 2. The van der Waals surface area contributed by atoms with E-state index in [0.717, 1.165) is 0 Å². The van der Waals surface area contributed by atoms with E-state index < -0.39 is 11.9 Å². The lowest BCUT2D eigenvalue weighted by molar-refractivity contribution is -0.145. The molecule has 0 saturated carbocycles. The molecule has 0 rings (SSSR count). The van der Waals surface area contributed by atoms with Crippen molar-refractivity contribution in [2.75, 3.05) is 7.05 Å². The summed E-state index contributed by atoms with van der Waals surface area (Å²) in [5, 5.41) is 10.9. The quantitative estimate of drug-likeness (QED) is 0.624. The largest absolute Gasteiger partial charge is 0.481 e. The van der Waals surface area contributed by atoms with E-state index in [-0.39, 0.29) is 24.5 Å². The fraction of sp³-hybridized carbons (Fsp3) is 0.625. The molecule has 5 nitrogen and oxygen atoms in total. The molecule has 2 N–H and O–H groups in total. The lowest BCUT2D eigenvalue weighted by atomic mass is 9.99. The normalized spacial score (nSPS) is 11.8. The Balaban J connectivity index is 4.18. The summed E-state index contributed by atoms with van der Waals surface area (Å²) in [7, 11) is 1.43. The Bertz CT molecular complexity index is 224. The number of carboxylic acids is 1. The zero-order chi connectivity index (χ0) is 10.4. The lowest BCUT2D eigenvalue weighted by Crippen LogP contribution is -2.26. The SMILES string of the molecule is CNC(=O)C[C@H](CC(C)=O)C(=O)O.